The largest absolute Gasteiger partial charge is 1.00 e. The topological polar surface area (TPSA) is 113 Å². The second-order valence-electron chi connectivity index (χ2n) is 7.61. The van der Waals surface area contributed by atoms with Gasteiger partial charge in [0.2, 0.25) is 5.91 Å². The van der Waals surface area contributed by atoms with Crippen LogP contribution < -0.4 is 34.9 Å². The van der Waals surface area contributed by atoms with Crippen molar-refractivity contribution in [1.82, 2.24) is 15.4 Å². The van der Waals surface area contributed by atoms with E-state index in [0.717, 1.165) is 0 Å². The molecule has 0 radical (unpaired) electrons. The van der Waals surface area contributed by atoms with Crippen molar-refractivity contribution in [3.63, 3.8) is 0 Å². The van der Waals surface area contributed by atoms with E-state index >= 15 is 0 Å². The maximum Gasteiger partial charge on any atom is 1.00 e. The second kappa shape index (κ2) is 8.61. The second-order valence-corrected chi connectivity index (χ2v) is 10.2. The van der Waals surface area contributed by atoms with Crippen LogP contribution in [0.5, 0.6) is 0 Å². The summed E-state index contributed by atoms with van der Waals surface area (Å²) in [4.78, 5) is 38.7. The van der Waals surface area contributed by atoms with E-state index in [0.29, 0.717) is 15.6 Å². The van der Waals surface area contributed by atoms with E-state index < -0.39 is 40.0 Å². The molecule has 2 N–H and O–H groups in total. The molecule has 4 rings (SSSR count). The molecule has 2 aromatic rings. The molecule has 3 heterocycles. The molecule has 12 heteroatoms. The van der Waals surface area contributed by atoms with Gasteiger partial charge in [0.25, 0.3) is 5.91 Å². The molecule has 0 unspecified atom stereocenters. The smallest absolute Gasteiger partial charge is 1.00 e. The first-order valence-corrected chi connectivity index (χ1v) is 10.6. The number of aliphatic carboxylic acids is 1. The summed E-state index contributed by atoms with van der Waals surface area (Å²) in [6.07, 6.45) is 0. The van der Waals surface area contributed by atoms with Crippen LogP contribution in [-0.4, -0.2) is 55.2 Å². The molecular weight excluding hydrogens is 476 g/mol. The number of hydrogen-bond acceptors (Lipinski definition) is 6. The summed E-state index contributed by atoms with van der Waals surface area (Å²) < 4.78 is 4.52. The summed E-state index contributed by atoms with van der Waals surface area (Å²) in [5, 5.41) is 16.3. The van der Waals surface area contributed by atoms with Crippen molar-refractivity contribution >= 4 is 52.7 Å². The molecule has 2 aliphatic heterocycles. The average molecular weight is 494 g/mol. The van der Waals surface area contributed by atoms with E-state index in [4.69, 9.17) is 27.7 Å². The number of carbonyl (C=O) groups excluding carboxylic acids is 2. The quantitative estimate of drug-likeness (QED) is 0.465. The molecule has 1 aromatic carbocycles. The molecule has 2 fully saturated rings. The molecular formula is C19H18Cl2N3NaO5S. The van der Waals surface area contributed by atoms with Crippen molar-refractivity contribution in [1.29, 1.82) is 0 Å². The Morgan fingerprint density at radius 2 is 1.94 bits per heavy atom. The minimum Gasteiger partial charge on any atom is -1.00 e. The SMILES string of the molecule is Cc1onc(-c2c(Cl)cccc2Cl)c1C(=O)N[C@@H]1C(=O)N2[C@@H]1SC(C)(C)[C@@H]2C(=O)O.[H-].[Na+]. The van der Waals surface area contributed by atoms with Gasteiger partial charge in [0.1, 0.15) is 34.5 Å². The molecule has 1 aromatic heterocycles. The molecule has 0 aliphatic carbocycles. The van der Waals surface area contributed by atoms with E-state index in [1.807, 2.05) is 0 Å². The van der Waals surface area contributed by atoms with Crippen LogP contribution in [0.15, 0.2) is 22.7 Å². The Morgan fingerprint density at radius 3 is 2.52 bits per heavy atom. The molecule has 2 amide bonds. The third-order valence-corrected chi connectivity index (χ3v) is 7.45. The van der Waals surface area contributed by atoms with Gasteiger partial charge in [-0.2, -0.15) is 0 Å². The van der Waals surface area contributed by atoms with Crippen LogP contribution in [0.2, 0.25) is 10.0 Å². The minimum absolute atomic E-state index is 0. The number of rotatable bonds is 4. The number of hydrogen-bond donors (Lipinski definition) is 2. The fourth-order valence-electron chi connectivity index (χ4n) is 3.89. The molecule has 0 saturated carbocycles. The number of halogens is 2. The van der Waals surface area contributed by atoms with Gasteiger partial charge in [-0.05, 0) is 32.9 Å². The molecule has 31 heavy (non-hydrogen) atoms. The van der Waals surface area contributed by atoms with Gasteiger partial charge in [-0.25, -0.2) is 4.79 Å². The minimum atomic E-state index is -1.07. The number of carboxylic acid groups (broad SMARTS) is 1. The third kappa shape index (κ3) is 3.89. The summed E-state index contributed by atoms with van der Waals surface area (Å²) in [5.41, 5.74) is 0.645. The maximum atomic E-state index is 13.1. The van der Waals surface area contributed by atoms with E-state index in [1.54, 1.807) is 39.0 Å². The van der Waals surface area contributed by atoms with Gasteiger partial charge >= 0.3 is 35.5 Å². The molecule has 2 aliphatic rings. The molecule has 0 spiro atoms. The average Bonchev–Trinajstić information content (AvgIpc) is 3.14. The molecule has 2 saturated heterocycles. The first-order valence-electron chi connectivity index (χ1n) is 8.99. The Hall–Kier alpha value is -1.23. The van der Waals surface area contributed by atoms with E-state index in [2.05, 4.69) is 10.5 Å². The normalized spacial score (nSPS) is 23.6. The van der Waals surface area contributed by atoms with E-state index in [1.165, 1.54) is 16.7 Å². The Balaban J connectivity index is 0.00000181. The predicted molar refractivity (Wildman–Crippen MR) is 113 cm³/mol. The first kappa shape index (κ1) is 24.4. The van der Waals surface area contributed by atoms with Gasteiger partial charge in [-0.3, -0.25) is 9.59 Å². The monoisotopic (exact) mass is 493 g/mol. The summed E-state index contributed by atoms with van der Waals surface area (Å²) in [5.74, 6) is -1.84. The molecule has 8 nitrogen and oxygen atoms in total. The van der Waals surface area contributed by atoms with Crippen LogP contribution in [0.4, 0.5) is 0 Å². The van der Waals surface area contributed by atoms with Crippen LogP contribution in [-0.2, 0) is 9.59 Å². The number of benzene rings is 1. The summed E-state index contributed by atoms with van der Waals surface area (Å²) in [6, 6.07) is 3.09. The van der Waals surface area contributed by atoms with Gasteiger partial charge in [0.15, 0.2) is 0 Å². The summed E-state index contributed by atoms with van der Waals surface area (Å²) >= 11 is 13.8. The fourth-order valence-corrected chi connectivity index (χ4v) is 6.09. The first-order chi connectivity index (χ1) is 14.0. The Morgan fingerprint density at radius 1 is 1.32 bits per heavy atom. The van der Waals surface area contributed by atoms with Crippen LogP contribution in [0.1, 0.15) is 31.4 Å². The van der Waals surface area contributed by atoms with Gasteiger partial charge < -0.3 is 21.3 Å². The van der Waals surface area contributed by atoms with Crippen LogP contribution in [0.25, 0.3) is 11.3 Å². The number of carboxylic acids is 1. The number of aromatic nitrogens is 1. The van der Waals surface area contributed by atoms with Crippen molar-refractivity contribution in [3.8, 4) is 11.3 Å². The Labute approximate surface area is 215 Å². The number of nitrogens with one attached hydrogen (secondary N) is 1. The zero-order chi connectivity index (χ0) is 22.0. The fraction of sp³-hybridized carbons (Fsp3) is 0.368. The third-order valence-electron chi connectivity index (χ3n) is 5.25. The van der Waals surface area contributed by atoms with E-state index in [9.17, 15) is 19.5 Å². The van der Waals surface area contributed by atoms with Crippen LogP contribution in [0.3, 0.4) is 0 Å². The van der Waals surface area contributed by atoms with Gasteiger partial charge in [-0.15, -0.1) is 11.8 Å². The number of nitrogens with zero attached hydrogens (tertiary/aromatic N) is 2. The standard InChI is InChI=1S/C19H17Cl2N3O5S.Na.H/c1-7-10(12(23-29-7)11-8(20)5-4-6-9(11)21)15(25)22-13-16(26)24-14(18(27)28)19(2,3)30-17(13)24;;/h4-6,13-14,17H,1-3H3,(H,22,25)(H,27,28);;/q;+1;-1/t13-,14+,17-;;/m1../s1. The van der Waals surface area contributed by atoms with Crippen molar-refractivity contribution in [3.05, 3.63) is 39.6 Å². The van der Waals surface area contributed by atoms with E-state index in [-0.39, 0.29) is 48.0 Å². The number of fused-ring (bicyclic) bond motifs is 1. The van der Waals surface area contributed by atoms with Crippen molar-refractivity contribution < 1.29 is 55.0 Å². The van der Waals surface area contributed by atoms with Gasteiger partial charge in [0, 0.05) is 10.3 Å². The zero-order valence-corrected chi connectivity index (χ0v) is 21.4. The number of carbonyl (C=O) groups is 3. The van der Waals surface area contributed by atoms with Crippen LogP contribution in [0, 0.1) is 6.92 Å². The predicted octanol–water partition coefficient (Wildman–Crippen LogP) is 0.319. The maximum absolute atomic E-state index is 13.1. The van der Waals surface area contributed by atoms with Crippen molar-refractivity contribution in [2.24, 2.45) is 0 Å². The number of amides is 2. The summed E-state index contributed by atoms with van der Waals surface area (Å²) in [6.45, 7) is 5.10. The molecule has 0 bridgehead atoms. The van der Waals surface area contributed by atoms with Crippen molar-refractivity contribution in [2.45, 2.75) is 43.0 Å². The number of aryl methyl sites for hydroxylation is 1. The Bertz CT molecular complexity index is 1080. The van der Waals surface area contributed by atoms with Gasteiger partial charge in [0.05, 0.1) is 10.0 Å². The van der Waals surface area contributed by atoms with Gasteiger partial charge in [-0.1, -0.05) is 34.4 Å². The molecule has 160 valence electrons. The Kier molecular flexibility index (Phi) is 6.78. The zero-order valence-electron chi connectivity index (χ0n) is 18.1. The molecule has 3 atom stereocenters. The number of thioether (sulfide) groups is 1. The number of β-lactam (4-membered cyclic amide) rings is 1. The van der Waals surface area contributed by atoms with Crippen LogP contribution >= 0.6 is 35.0 Å². The van der Waals surface area contributed by atoms with Crippen molar-refractivity contribution in [2.75, 3.05) is 0 Å². The summed E-state index contributed by atoms with van der Waals surface area (Å²) in [7, 11) is 0.